The van der Waals surface area contributed by atoms with Crippen LogP contribution in [0.1, 0.15) is 31.2 Å². The Bertz CT molecular complexity index is 1290. The summed E-state index contributed by atoms with van der Waals surface area (Å²) in [5.41, 5.74) is 5.48. The molecule has 3 heterocycles. The molecule has 138 valence electrons. The first-order chi connectivity index (χ1) is 13.7. The van der Waals surface area contributed by atoms with Gasteiger partial charge in [0.2, 0.25) is 0 Å². The summed E-state index contributed by atoms with van der Waals surface area (Å²) < 4.78 is 0. The van der Waals surface area contributed by atoms with Gasteiger partial charge in [-0.2, -0.15) is 5.10 Å². The number of fused-ring (bicyclic) bond motifs is 2. The van der Waals surface area contributed by atoms with E-state index in [1.807, 2.05) is 30.5 Å². The molecule has 28 heavy (non-hydrogen) atoms. The summed E-state index contributed by atoms with van der Waals surface area (Å²) in [4.78, 5) is 20.0. The van der Waals surface area contributed by atoms with Crippen LogP contribution in [0.5, 0.6) is 0 Å². The van der Waals surface area contributed by atoms with Crippen LogP contribution < -0.4 is 5.56 Å². The van der Waals surface area contributed by atoms with E-state index in [0.717, 1.165) is 51.5 Å². The summed E-state index contributed by atoms with van der Waals surface area (Å²) in [5, 5.41) is 9.55. The van der Waals surface area contributed by atoms with Crippen LogP contribution in [0.25, 0.3) is 33.1 Å². The second-order valence-corrected chi connectivity index (χ2v) is 7.26. The molecular formula is C23H20N4O. The maximum absolute atomic E-state index is 12.7. The van der Waals surface area contributed by atoms with Gasteiger partial charge in [-0.15, -0.1) is 0 Å². The van der Waals surface area contributed by atoms with Gasteiger partial charge in [-0.25, -0.2) is 0 Å². The topological polar surface area (TPSA) is 74.4 Å². The van der Waals surface area contributed by atoms with Crippen molar-refractivity contribution in [3.63, 3.8) is 0 Å². The van der Waals surface area contributed by atoms with Crippen molar-refractivity contribution in [3.8, 4) is 11.3 Å². The predicted molar refractivity (Wildman–Crippen MR) is 112 cm³/mol. The maximum Gasteiger partial charge on any atom is 0.252 e. The summed E-state index contributed by atoms with van der Waals surface area (Å²) >= 11 is 0. The average Bonchev–Trinajstić information content (AvgIpc) is 3.15. The average molecular weight is 368 g/mol. The zero-order chi connectivity index (χ0) is 19.1. The molecule has 1 aromatic carbocycles. The maximum atomic E-state index is 12.7. The molecule has 0 aliphatic heterocycles. The van der Waals surface area contributed by atoms with Crippen molar-refractivity contribution in [1.82, 2.24) is 20.2 Å². The zero-order valence-corrected chi connectivity index (χ0v) is 15.6. The minimum atomic E-state index is -0.0359. The molecule has 5 heteroatoms. The van der Waals surface area contributed by atoms with Gasteiger partial charge in [-0.1, -0.05) is 25.2 Å². The second-order valence-electron chi connectivity index (χ2n) is 7.26. The molecule has 0 bridgehead atoms. The first-order valence-electron chi connectivity index (χ1n) is 9.53. The molecule has 1 unspecified atom stereocenters. The molecule has 1 aliphatic rings. The van der Waals surface area contributed by atoms with Gasteiger partial charge in [0, 0.05) is 34.8 Å². The summed E-state index contributed by atoms with van der Waals surface area (Å²) in [6.07, 6.45) is 12.2. The Labute approximate surface area is 161 Å². The molecule has 5 nitrogen and oxygen atoms in total. The van der Waals surface area contributed by atoms with Crippen molar-refractivity contribution in [2.45, 2.75) is 25.7 Å². The fraction of sp³-hybridized carbons (Fsp3) is 0.174. The number of hydrogen-bond acceptors (Lipinski definition) is 3. The van der Waals surface area contributed by atoms with Crippen LogP contribution in [0.15, 0.2) is 71.3 Å². The molecule has 3 aromatic heterocycles. The third-order valence-electron chi connectivity index (χ3n) is 5.48. The molecule has 0 saturated heterocycles. The van der Waals surface area contributed by atoms with E-state index in [1.54, 1.807) is 6.20 Å². The highest BCUT2D eigenvalue weighted by Gasteiger charge is 2.16. The molecule has 2 N–H and O–H groups in total. The Balaban J connectivity index is 1.67. The third-order valence-corrected chi connectivity index (χ3v) is 5.48. The van der Waals surface area contributed by atoms with Crippen molar-refractivity contribution >= 4 is 21.8 Å². The number of pyridine rings is 2. The monoisotopic (exact) mass is 368 g/mol. The van der Waals surface area contributed by atoms with E-state index in [0.29, 0.717) is 0 Å². The van der Waals surface area contributed by atoms with E-state index in [4.69, 9.17) is 0 Å². The minimum Gasteiger partial charge on any atom is -0.322 e. The smallest absolute Gasteiger partial charge is 0.252 e. The van der Waals surface area contributed by atoms with Gasteiger partial charge in [0.25, 0.3) is 5.56 Å². The van der Waals surface area contributed by atoms with Crippen LogP contribution in [0, 0.1) is 0 Å². The van der Waals surface area contributed by atoms with E-state index in [2.05, 4.69) is 51.4 Å². The second kappa shape index (κ2) is 6.60. The van der Waals surface area contributed by atoms with Crippen LogP contribution in [0.3, 0.4) is 0 Å². The standard InChI is InChI=1S/C23H20N4O/c1-14(15-6-3-2-4-7-15)18-10-17-11-19-21(12-20(17)25-23(18)28)26-27-22(19)16-8-5-9-24-13-16/h3,5-14H,2,4H2,1H3,(H,25,28)(H,26,27). The molecule has 4 aromatic rings. The normalized spacial score (nSPS) is 15.1. The lowest BCUT2D eigenvalue weighted by atomic mass is 9.89. The van der Waals surface area contributed by atoms with E-state index < -0.39 is 0 Å². The lowest BCUT2D eigenvalue weighted by molar-refractivity contribution is 0.868. The van der Waals surface area contributed by atoms with Crippen LogP contribution in [-0.4, -0.2) is 20.2 Å². The minimum absolute atomic E-state index is 0.0359. The van der Waals surface area contributed by atoms with Crippen LogP contribution >= 0.6 is 0 Å². The van der Waals surface area contributed by atoms with Gasteiger partial charge in [-0.3, -0.25) is 14.9 Å². The quantitative estimate of drug-likeness (QED) is 0.543. The lowest BCUT2D eigenvalue weighted by Crippen LogP contribution is -2.16. The molecule has 0 fully saturated rings. The number of aromatic amines is 2. The lowest BCUT2D eigenvalue weighted by Gasteiger charge is -2.16. The summed E-state index contributed by atoms with van der Waals surface area (Å²) in [5.74, 6) is 0.0579. The third kappa shape index (κ3) is 2.76. The number of aromatic nitrogens is 4. The fourth-order valence-electron chi connectivity index (χ4n) is 3.92. The SMILES string of the molecule is CC(C1=CCCC=C1)c1cc2cc3c(-c4cccnc4)n[nH]c3cc2[nH]c1=O. The van der Waals surface area contributed by atoms with Crippen molar-refractivity contribution in [1.29, 1.82) is 0 Å². The van der Waals surface area contributed by atoms with E-state index in [-0.39, 0.29) is 11.5 Å². The van der Waals surface area contributed by atoms with Gasteiger partial charge < -0.3 is 4.98 Å². The number of benzene rings is 1. The Morgan fingerprint density at radius 1 is 1.14 bits per heavy atom. The highest BCUT2D eigenvalue weighted by Crippen LogP contribution is 2.31. The summed E-state index contributed by atoms with van der Waals surface area (Å²) in [6, 6.07) is 9.96. The van der Waals surface area contributed by atoms with Crippen molar-refractivity contribution in [2.24, 2.45) is 0 Å². The number of allylic oxidation sites excluding steroid dienone is 4. The molecule has 0 radical (unpaired) electrons. The predicted octanol–water partition coefficient (Wildman–Crippen LogP) is 4.85. The Kier molecular flexibility index (Phi) is 3.93. The molecular weight excluding hydrogens is 348 g/mol. The van der Waals surface area contributed by atoms with Crippen LogP contribution in [0.2, 0.25) is 0 Å². The van der Waals surface area contributed by atoms with Gasteiger partial charge in [0.1, 0.15) is 5.69 Å². The van der Waals surface area contributed by atoms with Gasteiger partial charge >= 0.3 is 0 Å². The van der Waals surface area contributed by atoms with Crippen LogP contribution in [0.4, 0.5) is 0 Å². The molecule has 0 spiro atoms. The number of nitrogens with zero attached hydrogens (tertiary/aromatic N) is 2. The highest BCUT2D eigenvalue weighted by molar-refractivity contribution is 6.01. The number of rotatable bonds is 3. The molecule has 5 rings (SSSR count). The largest absolute Gasteiger partial charge is 0.322 e. The van der Waals surface area contributed by atoms with E-state index >= 15 is 0 Å². The summed E-state index contributed by atoms with van der Waals surface area (Å²) in [6.45, 7) is 2.09. The number of nitrogens with one attached hydrogen (secondary N) is 2. The molecule has 0 amide bonds. The molecule has 1 aliphatic carbocycles. The Morgan fingerprint density at radius 2 is 2.07 bits per heavy atom. The fourth-order valence-corrected chi connectivity index (χ4v) is 3.92. The Morgan fingerprint density at radius 3 is 2.86 bits per heavy atom. The number of H-pyrrole nitrogens is 2. The van der Waals surface area contributed by atoms with Gasteiger partial charge in [-0.05, 0) is 54.1 Å². The highest BCUT2D eigenvalue weighted by atomic mass is 16.1. The summed E-state index contributed by atoms with van der Waals surface area (Å²) in [7, 11) is 0. The molecule has 1 atom stereocenters. The zero-order valence-electron chi connectivity index (χ0n) is 15.6. The Hall–Kier alpha value is -3.47. The number of hydrogen-bond donors (Lipinski definition) is 2. The molecule has 0 saturated carbocycles. The first kappa shape index (κ1) is 16.7. The van der Waals surface area contributed by atoms with Crippen molar-refractivity contribution < 1.29 is 0 Å². The van der Waals surface area contributed by atoms with Gasteiger partial charge in [0.15, 0.2) is 0 Å². The van der Waals surface area contributed by atoms with E-state index in [1.165, 1.54) is 5.57 Å². The van der Waals surface area contributed by atoms with Crippen molar-refractivity contribution in [3.05, 3.63) is 82.4 Å². The van der Waals surface area contributed by atoms with Crippen molar-refractivity contribution in [2.75, 3.05) is 0 Å². The van der Waals surface area contributed by atoms with E-state index in [9.17, 15) is 4.79 Å². The first-order valence-corrected chi connectivity index (χ1v) is 9.53. The van der Waals surface area contributed by atoms with Gasteiger partial charge in [0.05, 0.1) is 11.0 Å². The van der Waals surface area contributed by atoms with Crippen LogP contribution in [-0.2, 0) is 0 Å².